The first kappa shape index (κ1) is 14.7. The Labute approximate surface area is 109 Å². The minimum Gasteiger partial charge on any atom is -0.496 e. The van der Waals surface area contributed by atoms with E-state index in [2.05, 4.69) is 6.92 Å². The van der Waals surface area contributed by atoms with Gasteiger partial charge in [0.15, 0.2) is 5.78 Å². The van der Waals surface area contributed by atoms with E-state index in [1.165, 1.54) is 0 Å². The zero-order chi connectivity index (χ0) is 13.8. The number of carbonyl (C=O) groups excluding carboxylic acids is 1. The summed E-state index contributed by atoms with van der Waals surface area (Å²) in [6.45, 7) is 5.93. The fraction of sp³-hybridized carbons (Fsp3) is 0.533. The number of hydrogen-bond acceptors (Lipinski definition) is 3. The molecule has 0 saturated carbocycles. The van der Waals surface area contributed by atoms with Crippen molar-refractivity contribution in [3.8, 4) is 5.75 Å². The smallest absolute Gasteiger partial charge is 0.166 e. The van der Waals surface area contributed by atoms with Crippen molar-refractivity contribution in [2.24, 2.45) is 5.73 Å². The first-order chi connectivity index (χ1) is 8.37. The molecule has 3 heteroatoms. The maximum Gasteiger partial charge on any atom is 0.166 e. The number of Topliss-reactive ketones (excluding diaryl/α,β-unsaturated/α-hetero) is 1. The van der Waals surface area contributed by atoms with Crippen LogP contribution in [0.4, 0.5) is 0 Å². The summed E-state index contributed by atoms with van der Waals surface area (Å²) in [6.07, 6.45) is 2.03. The third kappa shape index (κ3) is 4.15. The van der Waals surface area contributed by atoms with Gasteiger partial charge in [-0.3, -0.25) is 4.79 Å². The summed E-state index contributed by atoms with van der Waals surface area (Å²) >= 11 is 0. The lowest BCUT2D eigenvalue weighted by Crippen LogP contribution is -2.32. The van der Waals surface area contributed by atoms with Crippen LogP contribution in [0.15, 0.2) is 18.2 Å². The summed E-state index contributed by atoms with van der Waals surface area (Å²) in [5, 5.41) is 0. The van der Waals surface area contributed by atoms with Gasteiger partial charge in [0.05, 0.1) is 12.7 Å². The number of ether oxygens (including phenoxy) is 1. The topological polar surface area (TPSA) is 52.3 Å². The highest BCUT2D eigenvalue weighted by Crippen LogP contribution is 2.23. The fourth-order valence-corrected chi connectivity index (χ4v) is 1.76. The Balaban J connectivity index is 2.89. The second kappa shape index (κ2) is 6.01. The van der Waals surface area contributed by atoms with Gasteiger partial charge in [0.1, 0.15) is 5.75 Å². The molecule has 0 bridgehead atoms. The largest absolute Gasteiger partial charge is 0.496 e. The lowest BCUT2D eigenvalue weighted by atomic mass is 9.95. The van der Waals surface area contributed by atoms with Gasteiger partial charge in [0.25, 0.3) is 0 Å². The minimum absolute atomic E-state index is 0.0978. The summed E-state index contributed by atoms with van der Waals surface area (Å²) in [5.74, 6) is 0.743. The van der Waals surface area contributed by atoms with Crippen molar-refractivity contribution < 1.29 is 9.53 Å². The average molecular weight is 249 g/mol. The minimum atomic E-state index is -0.314. The van der Waals surface area contributed by atoms with E-state index in [4.69, 9.17) is 10.5 Å². The SMILES string of the molecule is CCc1ccc(OC)c(C(=O)CCC(C)(C)N)c1. The molecule has 0 radical (unpaired) electrons. The number of rotatable bonds is 6. The number of ketones is 1. The van der Waals surface area contributed by atoms with Gasteiger partial charge in [0.2, 0.25) is 0 Å². The lowest BCUT2D eigenvalue weighted by Gasteiger charge is -2.18. The van der Waals surface area contributed by atoms with E-state index in [1.807, 2.05) is 32.0 Å². The number of carbonyl (C=O) groups is 1. The molecule has 0 saturated heterocycles. The van der Waals surface area contributed by atoms with Gasteiger partial charge < -0.3 is 10.5 Å². The number of nitrogens with two attached hydrogens (primary N) is 1. The van der Waals surface area contributed by atoms with Crippen molar-refractivity contribution in [3.05, 3.63) is 29.3 Å². The molecule has 0 unspecified atom stereocenters. The van der Waals surface area contributed by atoms with Gasteiger partial charge >= 0.3 is 0 Å². The fourth-order valence-electron chi connectivity index (χ4n) is 1.76. The van der Waals surface area contributed by atoms with E-state index in [0.717, 1.165) is 12.0 Å². The predicted molar refractivity (Wildman–Crippen MR) is 74.2 cm³/mol. The molecule has 0 aliphatic heterocycles. The second-order valence-electron chi connectivity index (χ2n) is 5.30. The van der Waals surface area contributed by atoms with Crippen molar-refractivity contribution in [1.29, 1.82) is 0 Å². The van der Waals surface area contributed by atoms with Crippen LogP contribution >= 0.6 is 0 Å². The molecule has 0 atom stereocenters. The standard InChI is InChI=1S/C15H23NO2/c1-5-11-6-7-14(18-4)12(10-11)13(17)8-9-15(2,3)16/h6-7,10H,5,8-9,16H2,1-4H3. The second-order valence-corrected chi connectivity index (χ2v) is 5.30. The molecule has 0 amide bonds. The van der Waals surface area contributed by atoms with E-state index in [1.54, 1.807) is 7.11 Å². The van der Waals surface area contributed by atoms with Crippen LogP contribution in [-0.4, -0.2) is 18.4 Å². The Morgan fingerprint density at radius 2 is 2.06 bits per heavy atom. The van der Waals surface area contributed by atoms with Crippen molar-refractivity contribution in [3.63, 3.8) is 0 Å². The number of hydrogen-bond donors (Lipinski definition) is 1. The van der Waals surface area contributed by atoms with Crippen LogP contribution in [0.5, 0.6) is 5.75 Å². The number of aryl methyl sites for hydroxylation is 1. The molecule has 0 aromatic heterocycles. The molecule has 2 N–H and O–H groups in total. The van der Waals surface area contributed by atoms with Crippen LogP contribution in [0.25, 0.3) is 0 Å². The monoisotopic (exact) mass is 249 g/mol. The van der Waals surface area contributed by atoms with Gasteiger partial charge in [-0.05, 0) is 44.4 Å². The van der Waals surface area contributed by atoms with Crippen LogP contribution in [0.2, 0.25) is 0 Å². The molecule has 1 aromatic carbocycles. The van der Waals surface area contributed by atoms with Crippen molar-refractivity contribution in [2.45, 2.75) is 45.6 Å². The quantitative estimate of drug-likeness (QED) is 0.789. The predicted octanol–water partition coefficient (Wildman–Crippen LogP) is 2.96. The summed E-state index contributed by atoms with van der Waals surface area (Å²) in [5.41, 5.74) is 7.40. The van der Waals surface area contributed by atoms with Crippen LogP contribution < -0.4 is 10.5 Å². The molecule has 1 aromatic rings. The van der Waals surface area contributed by atoms with Crippen LogP contribution in [0.3, 0.4) is 0 Å². The molecule has 1 rings (SSSR count). The summed E-state index contributed by atoms with van der Waals surface area (Å²) < 4.78 is 5.25. The number of methoxy groups -OCH3 is 1. The molecule has 100 valence electrons. The van der Waals surface area contributed by atoms with Gasteiger partial charge in [0, 0.05) is 12.0 Å². The molecule has 3 nitrogen and oxygen atoms in total. The van der Waals surface area contributed by atoms with Crippen molar-refractivity contribution >= 4 is 5.78 Å². The Morgan fingerprint density at radius 1 is 1.39 bits per heavy atom. The van der Waals surface area contributed by atoms with Crippen LogP contribution in [0, 0.1) is 0 Å². The maximum atomic E-state index is 12.2. The molecular weight excluding hydrogens is 226 g/mol. The van der Waals surface area contributed by atoms with E-state index in [-0.39, 0.29) is 11.3 Å². The third-order valence-corrected chi connectivity index (χ3v) is 2.97. The van der Waals surface area contributed by atoms with E-state index in [9.17, 15) is 4.79 Å². The van der Waals surface area contributed by atoms with Gasteiger partial charge in [-0.25, -0.2) is 0 Å². The Hall–Kier alpha value is -1.35. The molecule has 18 heavy (non-hydrogen) atoms. The highest BCUT2D eigenvalue weighted by molar-refractivity contribution is 5.98. The van der Waals surface area contributed by atoms with Crippen molar-refractivity contribution in [1.82, 2.24) is 0 Å². The van der Waals surface area contributed by atoms with E-state index < -0.39 is 0 Å². The van der Waals surface area contributed by atoms with Gasteiger partial charge in [-0.15, -0.1) is 0 Å². The number of benzene rings is 1. The molecule has 0 aliphatic carbocycles. The Morgan fingerprint density at radius 3 is 2.56 bits per heavy atom. The highest BCUT2D eigenvalue weighted by Gasteiger charge is 2.17. The molecular formula is C15H23NO2. The van der Waals surface area contributed by atoms with Gasteiger partial charge in [-0.2, -0.15) is 0 Å². The normalized spacial score (nSPS) is 11.4. The molecule has 0 spiro atoms. The zero-order valence-electron chi connectivity index (χ0n) is 11.7. The third-order valence-electron chi connectivity index (χ3n) is 2.97. The van der Waals surface area contributed by atoms with Crippen LogP contribution in [0.1, 0.15) is 49.5 Å². The van der Waals surface area contributed by atoms with Crippen LogP contribution in [-0.2, 0) is 6.42 Å². The first-order valence-electron chi connectivity index (χ1n) is 6.36. The highest BCUT2D eigenvalue weighted by atomic mass is 16.5. The maximum absolute atomic E-state index is 12.2. The zero-order valence-corrected chi connectivity index (χ0v) is 11.7. The van der Waals surface area contributed by atoms with E-state index in [0.29, 0.717) is 24.2 Å². The summed E-state index contributed by atoms with van der Waals surface area (Å²) in [7, 11) is 1.59. The first-order valence-corrected chi connectivity index (χ1v) is 6.36. The molecule has 0 heterocycles. The summed E-state index contributed by atoms with van der Waals surface area (Å²) in [6, 6.07) is 5.77. The Bertz CT molecular complexity index is 419. The van der Waals surface area contributed by atoms with Crippen molar-refractivity contribution in [2.75, 3.05) is 7.11 Å². The molecule has 0 aliphatic rings. The lowest BCUT2D eigenvalue weighted by molar-refractivity contribution is 0.0969. The molecule has 0 fully saturated rings. The van der Waals surface area contributed by atoms with E-state index >= 15 is 0 Å². The summed E-state index contributed by atoms with van der Waals surface area (Å²) in [4.78, 5) is 12.2. The Kier molecular flexibility index (Phi) is 4.91. The van der Waals surface area contributed by atoms with Gasteiger partial charge in [-0.1, -0.05) is 13.0 Å². The average Bonchev–Trinajstić information content (AvgIpc) is 2.34.